The summed E-state index contributed by atoms with van der Waals surface area (Å²) in [5.41, 5.74) is 0. The quantitative estimate of drug-likeness (QED) is 0.795. The molecule has 5 nitrogen and oxygen atoms in total. The van der Waals surface area contributed by atoms with Gasteiger partial charge in [-0.25, -0.2) is 13.4 Å². The Hall–Kier alpha value is -0.850. The van der Waals surface area contributed by atoms with Crippen LogP contribution in [0.15, 0.2) is 17.2 Å². The van der Waals surface area contributed by atoms with Crippen LogP contribution >= 0.6 is 11.6 Å². The first-order valence-electron chi connectivity index (χ1n) is 7.42. The molecule has 1 aromatic rings. The molecule has 0 amide bonds. The van der Waals surface area contributed by atoms with Crippen molar-refractivity contribution in [3.05, 3.63) is 17.3 Å². The summed E-state index contributed by atoms with van der Waals surface area (Å²) in [6, 6.07) is 1.64. The molecular weight excluding hydrogens is 310 g/mol. The van der Waals surface area contributed by atoms with E-state index in [1.165, 1.54) is 12.3 Å². The summed E-state index contributed by atoms with van der Waals surface area (Å²) in [7, 11) is -3.50. The number of nitrogens with one attached hydrogen (secondary N) is 1. The van der Waals surface area contributed by atoms with Gasteiger partial charge in [-0.2, -0.15) is 4.31 Å². The van der Waals surface area contributed by atoms with E-state index in [-0.39, 0.29) is 10.9 Å². The Kier molecular flexibility index (Phi) is 5.46. The van der Waals surface area contributed by atoms with Crippen LogP contribution in [0, 0.1) is 0 Å². The number of nitrogens with zero attached hydrogens (tertiary/aromatic N) is 2. The van der Waals surface area contributed by atoms with Gasteiger partial charge < -0.3 is 5.32 Å². The topological polar surface area (TPSA) is 62.3 Å². The molecule has 1 N–H and O–H groups in total. The Labute approximate surface area is 131 Å². The molecule has 0 aliphatic heterocycles. The van der Waals surface area contributed by atoms with E-state index in [1.807, 2.05) is 13.8 Å². The minimum Gasteiger partial charge on any atom is -0.369 e. The zero-order valence-electron chi connectivity index (χ0n) is 12.5. The normalized spacial score (nSPS) is 15.4. The van der Waals surface area contributed by atoms with Crippen molar-refractivity contribution < 1.29 is 8.42 Å². The van der Waals surface area contributed by atoms with Crippen molar-refractivity contribution >= 4 is 27.4 Å². The molecule has 0 aromatic carbocycles. The van der Waals surface area contributed by atoms with Crippen LogP contribution < -0.4 is 5.32 Å². The van der Waals surface area contributed by atoms with E-state index in [2.05, 4.69) is 10.3 Å². The summed E-state index contributed by atoms with van der Waals surface area (Å²) >= 11 is 6.14. The standard InChI is InChI=1S/C14H22ClN3O2S/c1-3-7-16-14-13(15)9-12(10-17-14)21(19,20)18(8-4-2)11-5-6-11/h9-11H,3-8H2,1-2H3,(H,16,17). The SMILES string of the molecule is CCCNc1ncc(S(=O)(=O)N(CCC)C2CC2)cc1Cl. The fourth-order valence-electron chi connectivity index (χ4n) is 2.15. The van der Waals surface area contributed by atoms with Crippen LogP contribution in [0.4, 0.5) is 5.82 Å². The number of sulfonamides is 1. The number of halogens is 1. The van der Waals surface area contributed by atoms with Crippen molar-refractivity contribution in [2.45, 2.75) is 50.5 Å². The molecule has 1 heterocycles. The van der Waals surface area contributed by atoms with Crippen LogP contribution in [0.2, 0.25) is 5.02 Å². The Morgan fingerprint density at radius 1 is 1.38 bits per heavy atom. The Morgan fingerprint density at radius 3 is 2.62 bits per heavy atom. The molecule has 0 spiro atoms. The minimum absolute atomic E-state index is 0.145. The first-order valence-corrected chi connectivity index (χ1v) is 9.23. The van der Waals surface area contributed by atoms with E-state index >= 15 is 0 Å². The average Bonchev–Trinajstić information content (AvgIpc) is 3.27. The molecule has 0 atom stereocenters. The largest absolute Gasteiger partial charge is 0.369 e. The Morgan fingerprint density at radius 2 is 2.10 bits per heavy atom. The summed E-state index contributed by atoms with van der Waals surface area (Å²) < 4.78 is 27.0. The molecule has 0 unspecified atom stereocenters. The monoisotopic (exact) mass is 331 g/mol. The van der Waals surface area contributed by atoms with Gasteiger partial charge in [0, 0.05) is 25.3 Å². The number of anilines is 1. The van der Waals surface area contributed by atoms with Crippen LogP contribution in [-0.4, -0.2) is 36.8 Å². The lowest BCUT2D eigenvalue weighted by Gasteiger charge is -2.21. The van der Waals surface area contributed by atoms with Gasteiger partial charge in [0.25, 0.3) is 0 Å². The van der Waals surface area contributed by atoms with Gasteiger partial charge in [-0.15, -0.1) is 0 Å². The zero-order chi connectivity index (χ0) is 15.5. The smallest absolute Gasteiger partial charge is 0.244 e. The van der Waals surface area contributed by atoms with E-state index in [0.29, 0.717) is 17.4 Å². The molecule has 21 heavy (non-hydrogen) atoms. The van der Waals surface area contributed by atoms with Crippen molar-refractivity contribution in [2.24, 2.45) is 0 Å². The number of hydrogen-bond acceptors (Lipinski definition) is 4. The van der Waals surface area contributed by atoms with E-state index < -0.39 is 10.0 Å². The van der Waals surface area contributed by atoms with Crippen LogP contribution in [0.1, 0.15) is 39.5 Å². The molecule has 7 heteroatoms. The number of pyridine rings is 1. The average molecular weight is 332 g/mol. The predicted molar refractivity (Wildman–Crippen MR) is 85.2 cm³/mol. The van der Waals surface area contributed by atoms with Gasteiger partial charge in [-0.1, -0.05) is 25.4 Å². The molecular formula is C14H22ClN3O2S. The van der Waals surface area contributed by atoms with E-state index in [9.17, 15) is 8.42 Å². The molecule has 1 aliphatic rings. The van der Waals surface area contributed by atoms with Crippen LogP contribution in [0.25, 0.3) is 0 Å². The van der Waals surface area contributed by atoms with Crippen molar-refractivity contribution in [3.8, 4) is 0 Å². The van der Waals surface area contributed by atoms with Crippen molar-refractivity contribution in [2.75, 3.05) is 18.4 Å². The van der Waals surface area contributed by atoms with E-state index in [4.69, 9.17) is 11.6 Å². The summed E-state index contributed by atoms with van der Waals surface area (Å²) in [4.78, 5) is 4.33. The molecule has 118 valence electrons. The second-order valence-electron chi connectivity index (χ2n) is 5.28. The minimum atomic E-state index is -3.50. The molecule has 1 aromatic heterocycles. The molecule has 1 aliphatic carbocycles. The first kappa shape index (κ1) is 16.5. The van der Waals surface area contributed by atoms with Crippen molar-refractivity contribution in [3.63, 3.8) is 0 Å². The Balaban J connectivity index is 2.25. The van der Waals surface area contributed by atoms with Gasteiger partial charge in [0.1, 0.15) is 10.7 Å². The molecule has 0 saturated heterocycles. The highest BCUT2D eigenvalue weighted by molar-refractivity contribution is 7.89. The van der Waals surface area contributed by atoms with Gasteiger partial charge >= 0.3 is 0 Å². The van der Waals surface area contributed by atoms with Gasteiger partial charge in [-0.05, 0) is 31.7 Å². The van der Waals surface area contributed by atoms with Crippen LogP contribution in [0.3, 0.4) is 0 Å². The lowest BCUT2D eigenvalue weighted by Crippen LogP contribution is -2.33. The fourth-order valence-corrected chi connectivity index (χ4v) is 4.20. The van der Waals surface area contributed by atoms with E-state index in [0.717, 1.165) is 32.2 Å². The summed E-state index contributed by atoms with van der Waals surface area (Å²) in [5, 5.41) is 3.42. The molecule has 0 bridgehead atoms. The maximum Gasteiger partial charge on any atom is 0.244 e. The Bertz CT molecular complexity index is 588. The van der Waals surface area contributed by atoms with Crippen LogP contribution in [0.5, 0.6) is 0 Å². The summed E-state index contributed by atoms with van der Waals surface area (Å²) in [5.74, 6) is 0.533. The molecule has 0 radical (unpaired) electrons. The van der Waals surface area contributed by atoms with Gasteiger partial charge in [0.05, 0.1) is 5.02 Å². The number of rotatable bonds is 8. The predicted octanol–water partition coefficient (Wildman–Crippen LogP) is 3.12. The summed E-state index contributed by atoms with van der Waals surface area (Å²) in [6.07, 6.45) is 5.02. The third kappa shape index (κ3) is 3.87. The van der Waals surface area contributed by atoms with E-state index in [1.54, 1.807) is 4.31 Å². The second-order valence-corrected chi connectivity index (χ2v) is 7.57. The van der Waals surface area contributed by atoms with Gasteiger partial charge in [0.15, 0.2) is 0 Å². The second kappa shape index (κ2) is 6.94. The maximum atomic E-state index is 12.7. The van der Waals surface area contributed by atoms with Crippen molar-refractivity contribution in [1.29, 1.82) is 0 Å². The number of aromatic nitrogens is 1. The molecule has 1 saturated carbocycles. The molecule has 2 rings (SSSR count). The third-order valence-corrected chi connectivity index (χ3v) is 5.57. The van der Waals surface area contributed by atoms with Gasteiger partial charge in [-0.3, -0.25) is 0 Å². The molecule has 1 fully saturated rings. The van der Waals surface area contributed by atoms with Gasteiger partial charge in [0.2, 0.25) is 10.0 Å². The lowest BCUT2D eigenvalue weighted by atomic mass is 10.4. The van der Waals surface area contributed by atoms with Crippen molar-refractivity contribution in [1.82, 2.24) is 9.29 Å². The third-order valence-electron chi connectivity index (χ3n) is 3.36. The van der Waals surface area contributed by atoms with Crippen LogP contribution in [-0.2, 0) is 10.0 Å². The first-order chi connectivity index (χ1) is 10.0. The lowest BCUT2D eigenvalue weighted by molar-refractivity contribution is 0.403. The highest BCUT2D eigenvalue weighted by Gasteiger charge is 2.37. The number of hydrogen-bond donors (Lipinski definition) is 1. The highest BCUT2D eigenvalue weighted by Crippen LogP contribution is 2.33. The summed E-state index contributed by atoms with van der Waals surface area (Å²) in [6.45, 7) is 5.31. The zero-order valence-corrected chi connectivity index (χ0v) is 14.0. The maximum absolute atomic E-state index is 12.7. The highest BCUT2D eigenvalue weighted by atomic mass is 35.5. The fraction of sp³-hybridized carbons (Fsp3) is 0.643.